The van der Waals surface area contributed by atoms with Gasteiger partial charge in [-0.25, -0.2) is 4.39 Å². The van der Waals surface area contributed by atoms with Crippen LogP contribution < -0.4 is 4.90 Å². The molecule has 0 radical (unpaired) electrons. The predicted molar refractivity (Wildman–Crippen MR) is 141 cm³/mol. The number of carbonyl (C=O) groups is 1. The molecule has 1 aliphatic rings. The van der Waals surface area contributed by atoms with Crippen molar-refractivity contribution in [2.24, 2.45) is 0 Å². The van der Waals surface area contributed by atoms with E-state index in [-0.39, 0.29) is 29.3 Å². The third-order valence-electron chi connectivity index (χ3n) is 6.20. The first-order valence-electron chi connectivity index (χ1n) is 11.3. The number of β-lactam (4-membered cyclic amide) rings is 1. The van der Waals surface area contributed by atoms with Crippen molar-refractivity contribution in [3.8, 4) is 16.9 Å². The van der Waals surface area contributed by atoms with E-state index in [1.165, 1.54) is 23.9 Å². The molecule has 3 atom stereocenters. The Balaban J connectivity index is 1.38. The van der Waals surface area contributed by atoms with Crippen LogP contribution in [0, 0.1) is 5.82 Å². The number of aliphatic hydroxyl groups is 1. The fourth-order valence-corrected chi connectivity index (χ4v) is 5.82. The molecule has 8 heteroatoms. The van der Waals surface area contributed by atoms with Crippen LogP contribution in [0.5, 0.6) is 5.75 Å². The zero-order chi connectivity index (χ0) is 25.2. The number of halogens is 2. The van der Waals surface area contributed by atoms with Gasteiger partial charge in [-0.1, -0.05) is 48.0 Å². The lowest BCUT2D eigenvalue weighted by Crippen LogP contribution is -2.57. The SMILES string of the molecule is O=C1[C@H](SC[C@@H](O)c2ccc(F)cc2)[C@@H](c2ccc(O)cc2)N1c1ccc(-c2ccncc2Cl)cc1. The van der Waals surface area contributed by atoms with E-state index < -0.39 is 11.4 Å². The zero-order valence-corrected chi connectivity index (χ0v) is 20.5. The molecule has 0 aliphatic carbocycles. The molecule has 182 valence electrons. The highest BCUT2D eigenvalue weighted by Gasteiger charge is 2.49. The molecule has 36 heavy (non-hydrogen) atoms. The van der Waals surface area contributed by atoms with Gasteiger partial charge in [-0.05, 0) is 59.2 Å². The van der Waals surface area contributed by atoms with Crippen LogP contribution >= 0.6 is 23.4 Å². The summed E-state index contributed by atoms with van der Waals surface area (Å²) in [6, 6.07) is 21.6. The van der Waals surface area contributed by atoms with E-state index in [2.05, 4.69) is 4.98 Å². The Hall–Kier alpha value is -3.39. The molecule has 0 bridgehead atoms. The number of carbonyl (C=O) groups excluding carboxylic acids is 1. The Labute approximate surface area is 217 Å². The summed E-state index contributed by atoms with van der Waals surface area (Å²) in [7, 11) is 0. The molecule has 4 aromatic rings. The fourth-order valence-electron chi connectivity index (χ4n) is 4.29. The third kappa shape index (κ3) is 4.82. The van der Waals surface area contributed by atoms with E-state index in [9.17, 15) is 19.4 Å². The second-order valence-corrected chi connectivity index (χ2v) is 10.1. The lowest BCUT2D eigenvalue weighted by molar-refractivity contribution is -0.123. The molecule has 5 rings (SSSR count). The average molecular weight is 521 g/mol. The molecule has 2 N–H and O–H groups in total. The van der Waals surface area contributed by atoms with Gasteiger partial charge in [-0.2, -0.15) is 0 Å². The van der Waals surface area contributed by atoms with Crippen molar-refractivity contribution in [2.75, 3.05) is 10.7 Å². The van der Waals surface area contributed by atoms with Crippen LogP contribution in [0.1, 0.15) is 23.3 Å². The van der Waals surface area contributed by atoms with Gasteiger partial charge in [0, 0.05) is 29.4 Å². The van der Waals surface area contributed by atoms with Crippen LogP contribution in [-0.2, 0) is 4.79 Å². The number of hydrogen-bond donors (Lipinski definition) is 2. The van der Waals surface area contributed by atoms with E-state index in [1.807, 2.05) is 30.3 Å². The number of nitrogens with zero attached hydrogens (tertiary/aromatic N) is 2. The quantitative estimate of drug-likeness (QED) is 0.285. The van der Waals surface area contributed by atoms with Crippen molar-refractivity contribution in [2.45, 2.75) is 17.4 Å². The Morgan fingerprint density at radius 1 is 1.00 bits per heavy atom. The highest BCUT2D eigenvalue weighted by molar-refractivity contribution is 8.00. The molecule has 2 heterocycles. The summed E-state index contributed by atoms with van der Waals surface area (Å²) in [6.45, 7) is 0. The van der Waals surface area contributed by atoms with Crippen LogP contribution in [0.2, 0.25) is 5.02 Å². The second kappa shape index (κ2) is 10.3. The first-order valence-corrected chi connectivity index (χ1v) is 12.7. The van der Waals surface area contributed by atoms with E-state index in [4.69, 9.17) is 11.6 Å². The molecule has 1 saturated heterocycles. The number of aliphatic hydroxyl groups excluding tert-OH is 1. The Bertz CT molecular complexity index is 1370. The fraction of sp³-hybridized carbons (Fsp3) is 0.143. The zero-order valence-electron chi connectivity index (χ0n) is 19.0. The smallest absolute Gasteiger partial charge is 0.243 e. The summed E-state index contributed by atoms with van der Waals surface area (Å²) in [5.41, 5.74) is 3.98. The number of amides is 1. The molecule has 5 nitrogen and oxygen atoms in total. The number of aromatic nitrogens is 1. The van der Waals surface area contributed by atoms with E-state index in [0.29, 0.717) is 10.6 Å². The normalized spacial score (nSPS) is 18.1. The minimum Gasteiger partial charge on any atom is -0.508 e. The molecule has 3 aromatic carbocycles. The molecule has 1 amide bonds. The number of aromatic hydroxyl groups is 1. The average Bonchev–Trinajstić information content (AvgIpc) is 2.89. The van der Waals surface area contributed by atoms with Crippen LogP contribution in [-0.4, -0.2) is 32.1 Å². The third-order valence-corrected chi connectivity index (χ3v) is 7.83. The number of hydrogen-bond acceptors (Lipinski definition) is 5. The number of benzene rings is 3. The topological polar surface area (TPSA) is 73.7 Å². The number of anilines is 1. The van der Waals surface area contributed by atoms with Gasteiger partial charge < -0.3 is 15.1 Å². The summed E-state index contributed by atoms with van der Waals surface area (Å²) in [5, 5.41) is 20.5. The Kier molecular flexibility index (Phi) is 6.96. The summed E-state index contributed by atoms with van der Waals surface area (Å²) in [4.78, 5) is 19.1. The van der Waals surface area contributed by atoms with Gasteiger partial charge in [0.2, 0.25) is 5.91 Å². The summed E-state index contributed by atoms with van der Waals surface area (Å²) in [5.74, 6) is -0.0122. The van der Waals surface area contributed by atoms with Crippen molar-refractivity contribution >= 4 is 35.0 Å². The largest absolute Gasteiger partial charge is 0.508 e. The molecule has 0 unspecified atom stereocenters. The van der Waals surface area contributed by atoms with Gasteiger partial charge >= 0.3 is 0 Å². The van der Waals surface area contributed by atoms with Gasteiger partial charge in [0.25, 0.3) is 0 Å². The highest BCUT2D eigenvalue weighted by atomic mass is 35.5. The molecule has 1 aliphatic heterocycles. The van der Waals surface area contributed by atoms with Gasteiger partial charge in [-0.3, -0.25) is 9.78 Å². The summed E-state index contributed by atoms with van der Waals surface area (Å²) < 4.78 is 13.2. The first kappa shape index (κ1) is 24.3. The maximum Gasteiger partial charge on any atom is 0.243 e. The molecule has 0 saturated carbocycles. The van der Waals surface area contributed by atoms with Crippen LogP contribution in [0.15, 0.2) is 91.3 Å². The minimum absolute atomic E-state index is 0.0703. The van der Waals surface area contributed by atoms with Crippen molar-refractivity contribution in [1.82, 2.24) is 4.98 Å². The maximum atomic E-state index is 13.3. The number of pyridine rings is 1. The van der Waals surface area contributed by atoms with Crippen molar-refractivity contribution in [1.29, 1.82) is 0 Å². The molecular weight excluding hydrogens is 499 g/mol. The standard InChI is InChI=1S/C28H22ClFN2O3S/c29-24-15-31-14-13-23(24)17-3-9-21(10-4-17)32-26(19-5-11-22(33)12-6-19)27(28(32)35)36-16-25(34)18-1-7-20(30)8-2-18/h1-15,25-27,33-34H,16H2/t25-,26-,27-/m1/s1. The van der Waals surface area contributed by atoms with Gasteiger partial charge in [0.15, 0.2) is 0 Å². The Morgan fingerprint density at radius 2 is 1.69 bits per heavy atom. The molecule has 1 aromatic heterocycles. The minimum atomic E-state index is -0.831. The van der Waals surface area contributed by atoms with Crippen LogP contribution in [0.3, 0.4) is 0 Å². The lowest BCUT2D eigenvalue weighted by Gasteiger charge is -2.47. The Morgan fingerprint density at radius 3 is 2.36 bits per heavy atom. The molecule has 1 fully saturated rings. The van der Waals surface area contributed by atoms with Gasteiger partial charge in [-0.15, -0.1) is 11.8 Å². The van der Waals surface area contributed by atoms with Crippen LogP contribution in [0.25, 0.3) is 11.1 Å². The van der Waals surface area contributed by atoms with Crippen molar-refractivity contribution < 1.29 is 19.4 Å². The number of rotatable bonds is 7. The van der Waals surface area contributed by atoms with Gasteiger partial charge in [0.1, 0.15) is 16.8 Å². The van der Waals surface area contributed by atoms with Crippen molar-refractivity contribution in [3.05, 3.63) is 113 Å². The molecule has 0 spiro atoms. The second-order valence-electron chi connectivity index (χ2n) is 8.47. The van der Waals surface area contributed by atoms with E-state index >= 15 is 0 Å². The lowest BCUT2D eigenvalue weighted by atomic mass is 9.92. The number of phenolic OH excluding ortho intramolecular Hbond substituents is 1. The van der Waals surface area contributed by atoms with Crippen LogP contribution in [0.4, 0.5) is 10.1 Å². The predicted octanol–water partition coefficient (Wildman–Crippen LogP) is 6.17. The summed E-state index contributed by atoms with van der Waals surface area (Å²) >= 11 is 7.64. The maximum absolute atomic E-state index is 13.3. The van der Waals surface area contributed by atoms with E-state index in [1.54, 1.807) is 53.7 Å². The number of thioether (sulfide) groups is 1. The van der Waals surface area contributed by atoms with E-state index in [0.717, 1.165) is 22.4 Å². The summed E-state index contributed by atoms with van der Waals surface area (Å²) in [6.07, 6.45) is 2.44. The monoisotopic (exact) mass is 520 g/mol. The van der Waals surface area contributed by atoms with Gasteiger partial charge in [0.05, 0.1) is 17.2 Å². The van der Waals surface area contributed by atoms with Crippen molar-refractivity contribution in [3.63, 3.8) is 0 Å². The highest BCUT2D eigenvalue weighted by Crippen LogP contribution is 2.46. The first-order chi connectivity index (χ1) is 17.4. The molecular formula is C28H22ClFN2O3S. The number of phenols is 1.